The van der Waals surface area contributed by atoms with Crippen molar-refractivity contribution in [3.63, 3.8) is 0 Å². The van der Waals surface area contributed by atoms with Gasteiger partial charge in [0.25, 0.3) is 0 Å². The maximum absolute atomic E-state index is 11.7. The van der Waals surface area contributed by atoms with E-state index in [0.717, 1.165) is 35.3 Å². The summed E-state index contributed by atoms with van der Waals surface area (Å²) in [6.45, 7) is 9.27. The third-order valence-corrected chi connectivity index (χ3v) is 6.21. The number of fused-ring (bicyclic) bond motifs is 1. The van der Waals surface area contributed by atoms with Crippen LogP contribution in [0.25, 0.3) is 16.6 Å². The molecule has 4 rings (SSSR count). The lowest BCUT2D eigenvalue weighted by atomic mass is 9.94. The number of piperidine rings is 1. The van der Waals surface area contributed by atoms with Crippen molar-refractivity contribution in [2.75, 3.05) is 30.8 Å². The first-order chi connectivity index (χ1) is 16.3. The summed E-state index contributed by atoms with van der Waals surface area (Å²) in [5, 5.41) is 15.1. The van der Waals surface area contributed by atoms with Gasteiger partial charge in [-0.1, -0.05) is 13.0 Å². The van der Waals surface area contributed by atoms with Gasteiger partial charge in [0.2, 0.25) is 17.7 Å². The molecule has 1 aliphatic heterocycles. The number of aromatic nitrogens is 3. The molecule has 1 aromatic carbocycles. The number of hydrogen-bond donors (Lipinski definition) is 3. The molecule has 2 atom stereocenters. The average Bonchev–Trinajstić information content (AvgIpc) is 3.23. The number of ether oxygens (including phenoxy) is 1. The van der Waals surface area contributed by atoms with Crippen molar-refractivity contribution in [1.29, 1.82) is 5.53 Å². The molecule has 3 heterocycles. The quantitative estimate of drug-likeness (QED) is 0.441. The third-order valence-electron chi connectivity index (χ3n) is 6.21. The highest BCUT2D eigenvalue weighted by molar-refractivity contribution is 5.87. The first-order valence-electron chi connectivity index (χ1n) is 11.5. The fraction of sp³-hybridized carbons (Fsp3) is 0.458. The van der Waals surface area contributed by atoms with Crippen molar-refractivity contribution in [3.05, 3.63) is 30.5 Å². The SMILES string of the molecule is COc1nc(N[C@H]2CCN(C(C)=O)C[C@H]2C)nn2ccc(-c3ccc(N=N)c(NC(C)C)c3)c12. The minimum absolute atomic E-state index is 0.112. The Balaban J connectivity index is 1.65. The van der Waals surface area contributed by atoms with Gasteiger partial charge in [-0.05, 0) is 49.9 Å². The predicted octanol–water partition coefficient (Wildman–Crippen LogP) is 4.56. The largest absolute Gasteiger partial charge is 0.479 e. The van der Waals surface area contributed by atoms with Gasteiger partial charge in [0.15, 0.2) is 0 Å². The molecule has 0 saturated carbocycles. The van der Waals surface area contributed by atoms with Gasteiger partial charge in [-0.25, -0.2) is 10.0 Å². The molecule has 0 radical (unpaired) electrons. The van der Waals surface area contributed by atoms with E-state index in [1.165, 1.54) is 0 Å². The molecule has 1 amide bonds. The van der Waals surface area contributed by atoms with Crippen molar-refractivity contribution in [2.24, 2.45) is 11.0 Å². The van der Waals surface area contributed by atoms with Crippen LogP contribution in [0.5, 0.6) is 5.88 Å². The first kappa shape index (κ1) is 23.5. The maximum Gasteiger partial charge on any atom is 0.244 e. The molecule has 10 nitrogen and oxygen atoms in total. The molecule has 0 spiro atoms. The Morgan fingerprint density at radius 2 is 2.12 bits per heavy atom. The van der Waals surface area contributed by atoms with Gasteiger partial charge in [0.1, 0.15) is 11.2 Å². The van der Waals surface area contributed by atoms with Crippen molar-refractivity contribution in [1.82, 2.24) is 19.5 Å². The van der Waals surface area contributed by atoms with Crippen LogP contribution in [0, 0.1) is 11.4 Å². The van der Waals surface area contributed by atoms with E-state index in [9.17, 15) is 4.79 Å². The van der Waals surface area contributed by atoms with Crippen LogP contribution < -0.4 is 15.4 Å². The molecule has 34 heavy (non-hydrogen) atoms. The minimum atomic E-state index is 0.112. The zero-order valence-electron chi connectivity index (χ0n) is 20.3. The van der Waals surface area contributed by atoms with Crippen LogP contribution in [0.2, 0.25) is 0 Å². The van der Waals surface area contributed by atoms with E-state index in [1.54, 1.807) is 18.5 Å². The van der Waals surface area contributed by atoms with Crippen molar-refractivity contribution in [3.8, 4) is 17.0 Å². The maximum atomic E-state index is 11.7. The Morgan fingerprint density at radius 3 is 2.76 bits per heavy atom. The summed E-state index contributed by atoms with van der Waals surface area (Å²) in [5.41, 5.74) is 11.5. The Bertz CT molecular complexity index is 1210. The molecule has 1 aliphatic rings. The van der Waals surface area contributed by atoms with Gasteiger partial charge in [-0.15, -0.1) is 5.10 Å². The molecular weight excluding hydrogens is 432 g/mol. The van der Waals surface area contributed by atoms with Crippen LogP contribution in [-0.4, -0.2) is 57.7 Å². The number of rotatable bonds is 7. The normalized spacial score (nSPS) is 18.2. The molecular formula is C24H32N8O2. The van der Waals surface area contributed by atoms with Crippen molar-refractivity contribution < 1.29 is 9.53 Å². The van der Waals surface area contributed by atoms with Gasteiger partial charge in [0.05, 0.1) is 12.8 Å². The molecule has 10 heteroatoms. The zero-order chi connectivity index (χ0) is 24.4. The molecule has 1 saturated heterocycles. The van der Waals surface area contributed by atoms with E-state index in [0.29, 0.717) is 24.1 Å². The van der Waals surface area contributed by atoms with E-state index in [4.69, 9.17) is 10.3 Å². The Hall–Kier alpha value is -3.69. The minimum Gasteiger partial charge on any atom is -0.479 e. The van der Waals surface area contributed by atoms with Gasteiger partial charge >= 0.3 is 0 Å². The Morgan fingerprint density at radius 1 is 1.32 bits per heavy atom. The standard InChI is InChI=1S/C24H32N8O2/c1-14(2)26-21-12-17(6-7-20(21)29-25)18-8-11-32-22(18)23(34-5)28-24(30-32)27-19-9-10-31(16(4)33)13-15(19)3/h6-8,11-12,14-15,19,25-26H,9-10,13H2,1-5H3,(H,27,30)/t15-,19+/m1/s1. The number of carbonyl (C=O) groups excluding carboxylic acids is 1. The van der Waals surface area contributed by atoms with Crippen LogP contribution in [0.3, 0.4) is 0 Å². The number of methoxy groups -OCH3 is 1. The molecule has 1 fully saturated rings. The van der Waals surface area contributed by atoms with Crippen LogP contribution in [-0.2, 0) is 4.79 Å². The number of nitrogens with zero attached hydrogens (tertiary/aromatic N) is 5. The fourth-order valence-electron chi connectivity index (χ4n) is 4.47. The van der Waals surface area contributed by atoms with E-state index in [2.05, 4.69) is 32.8 Å². The van der Waals surface area contributed by atoms with Gasteiger partial charge < -0.3 is 20.3 Å². The van der Waals surface area contributed by atoms with Crippen molar-refractivity contribution in [2.45, 2.75) is 46.2 Å². The Labute approximate surface area is 199 Å². The monoisotopic (exact) mass is 464 g/mol. The molecule has 0 unspecified atom stereocenters. The number of nitrogens with one attached hydrogen (secondary N) is 3. The number of likely N-dealkylation sites (tertiary alicyclic amines) is 1. The fourth-order valence-corrected chi connectivity index (χ4v) is 4.47. The highest BCUT2D eigenvalue weighted by atomic mass is 16.5. The van der Waals surface area contributed by atoms with Gasteiger partial charge in [-0.3, -0.25) is 4.79 Å². The number of anilines is 2. The molecule has 0 aliphatic carbocycles. The second-order valence-electron chi connectivity index (χ2n) is 9.09. The summed E-state index contributed by atoms with van der Waals surface area (Å²) in [6, 6.07) is 8.10. The summed E-state index contributed by atoms with van der Waals surface area (Å²) >= 11 is 0. The predicted molar refractivity (Wildman–Crippen MR) is 132 cm³/mol. The number of hydrogen-bond acceptors (Lipinski definition) is 8. The van der Waals surface area contributed by atoms with Crippen LogP contribution in [0.1, 0.15) is 34.1 Å². The number of carbonyl (C=O) groups is 1. The summed E-state index contributed by atoms with van der Waals surface area (Å²) in [4.78, 5) is 18.2. The number of amides is 1. The Kier molecular flexibility index (Phi) is 6.67. The summed E-state index contributed by atoms with van der Waals surface area (Å²) < 4.78 is 7.44. The number of benzene rings is 1. The smallest absolute Gasteiger partial charge is 0.244 e. The molecule has 180 valence electrons. The highest BCUT2D eigenvalue weighted by Crippen LogP contribution is 2.36. The first-order valence-corrected chi connectivity index (χ1v) is 11.5. The highest BCUT2D eigenvalue weighted by Gasteiger charge is 2.28. The van der Waals surface area contributed by atoms with E-state index >= 15 is 0 Å². The van der Waals surface area contributed by atoms with Crippen LogP contribution >= 0.6 is 0 Å². The third kappa shape index (κ3) is 4.66. The van der Waals surface area contributed by atoms with E-state index in [-0.39, 0.29) is 23.9 Å². The molecule has 2 aromatic heterocycles. The summed E-state index contributed by atoms with van der Waals surface area (Å²) in [6.07, 6.45) is 2.72. The average molecular weight is 465 g/mol. The van der Waals surface area contributed by atoms with Gasteiger partial charge in [0, 0.05) is 43.9 Å². The molecule has 3 aromatic rings. The van der Waals surface area contributed by atoms with E-state index in [1.807, 2.05) is 49.2 Å². The lowest BCUT2D eigenvalue weighted by Gasteiger charge is -2.36. The summed E-state index contributed by atoms with van der Waals surface area (Å²) in [7, 11) is 1.60. The molecule has 3 N–H and O–H groups in total. The summed E-state index contributed by atoms with van der Waals surface area (Å²) in [5.74, 6) is 1.35. The van der Waals surface area contributed by atoms with Crippen molar-refractivity contribution >= 4 is 28.7 Å². The van der Waals surface area contributed by atoms with Crippen LogP contribution in [0.15, 0.2) is 35.6 Å². The lowest BCUT2D eigenvalue weighted by molar-refractivity contribution is -0.130. The second-order valence-corrected chi connectivity index (χ2v) is 9.09. The van der Waals surface area contributed by atoms with Crippen LogP contribution in [0.4, 0.5) is 17.3 Å². The topological polar surface area (TPSA) is 120 Å². The second kappa shape index (κ2) is 9.66. The zero-order valence-corrected chi connectivity index (χ0v) is 20.3. The lowest BCUT2D eigenvalue weighted by Crippen LogP contribution is -2.47. The molecule has 0 bridgehead atoms. The van der Waals surface area contributed by atoms with Gasteiger partial charge in [-0.2, -0.15) is 10.1 Å². The van der Waals surface area contributed by atoms with E-state index < -0.39 is 0 Å².